The van der Waals surface area contributed by atoms with Crippen molar-refractivity contribution in [3.05, 3.63) is 18.3 Å². The molecule has 0 bridgehead atoms. The van der Waals surface area contributed by atoms with Gasteiger partial charge in [-0.05, 0) is 32.5 Å². The quantitative estimate of drug-likeness (QED) is 0.883. The van der Waals surface area contributed by atoms with Crippen molar-refractivity contribution in [2.24, 2.45) is 0 Å². The van der Waals surface area contributed by atoms with Crippen molar-refractivity contribution < 1.29 is 0 Å². The van der Waals surface area contributed by atoms with E-state index < -0.39 is 0 Å². The van der Waals surface area contributed by atoms with Gasteiger partial charge >= 0.3 is 0 Å². The van der Waals surface area contributed by atoms with Gasteiger partial charge < -0.3 is 15.1 Å². The lowest BCUT2D eigenvalue weighted by atomic mass is 10.2. The molecule has 18 heavy (non-hydrogen) atoms. The van der Waals surface area contributed by atoms with Crippen LogP contribution in [0.4, 0.5) is 11.5 Å². The normalized spacial score (nSPS) is 18.7. The van der Waals surface area contributed by atoms with Crippen LogP contribution in [0.1, 0.15) is 20.3 Å². The van der Waals surface area contributed by atoms with Gasteiger partial charge in [0.05, 0.1) is 11.9 Å². The Morgan fingerprint density at radius 1 is 1.28 bits per heavy atom. The van der Waals surface area contributed by atoms with E-state index >= 15 is 0 Å². The number of likely N-dealkylation sites (N-methyl/N-ethyl adjacent to an activating group) is 1. The van der Waals surface area contributed by atoms with Crippen molar-refractivity contribution in [2.45, 2.75) is 26.3 Å². The molecule has 0 aliphatic carbocycles. The molecular formula is C14H24N4. The number of nitrogens with zero attached hydrogens (tertiary/aromatic N) is 3. The maximum atomic E-state index is 4.56. The summed E-state index contributed by atoms with van der Waals surface area (Å²) in [6.45, 7) is 8.75. The van der Waals surface area contributed by atoms with Crippen LogP contribution in [0.15, 0.2) is 18.3 Å². The van der Waals surface area contributed by atoms with Crippen molar-refractivity contribution in [2.75, 3.05) is 43.4 Å². The Balaban J connectivity index is 1.95. The molecular weight excluding hydrogens is 224 g/mol. The highest BCUT2D eigenvalue weighted by Crippen LogP contribution is 2.16. The number of nitrogens with one attached hydrogen (secondary N) is 1. The third kappa shape index (κ3) is 3.35. The molecule has 1 N–H and O–H groups in total. The molecule has 0 amide bonds. The second-order valence-corrected chi connectivity index (χ2v) is 5.15. The number of aromatic nitrogens is 1. The fraction of sp³-hybridized carbons (Fsp3) is 0.643. The Labute approximate surface area is 110 Å². The fourth-order valence-electron chi connectivity index (χ4n) is 2.08. The van der Waals surface area contributed by atoms with Gasteiger partial charge in [-0.3, -0.25) is 0 Å². The van der Waals surface area contributed by atoms with Gasteiger partial charge in [-0.1, -0.05) is 6.92 Å². The first kappa shape index (κ1) is 13.1. The zero-order chi connectivity index (χ0) is 13.0. The van der Waals surface area contributed by atoms with Crippen molar-refractivity contribution in [1.29, 1.82) is 0 Å². The summed E-state index contributed by atoms with van der Waals surface area (Å²) in [5.41, 5.74) is 1.11. The maximum Gasteiger partial charge on any atom is 0.128 e. The van der Waals surface area contributed by atoms with Crippen LogP contribution < -0.4 is 10.2 Å². The van der Waals surface area contributed by atoms with Crippen LogP contribution in [-0.4, -0.2) is 49.2 Å². The van der Waals surface area contributed by atoms with Gasteiger partial charge in [0.1, 0.15) is 5.82 Å². The topological polar surface area (TPSA) is 31.4 Å². The molecule has 1 fully saturated rings. The Bertz CT molecular complexity index is 355. The van der Waals surface area contributed by atoms with E-state index in [2.05, 4.69) is 53.1 Å². The summed E-state index contributed by atoms with van der Waals surface area (Å²) in [5, 5.41) is 3.44. The third-order valence-electron chi connectivity index (χ3n) is 3.60. The lowest BCUT2D eigenvalue weighted by Gasteiger charge is -2.33. The lowest BCUT2D eigenvalue weighted by molar-refractivity contribution is 0.312. The number of rotatable bonds is 4. The van der Waals surface area contributed by atoms with E-state index in [4.69, 9.17) is 0 Å². The van der Waals surface area contributed by atoms with Gasteiger partial charge in [-0.2, -0.15) is 0 Å². The van der Waals surface area contributed by atoms with Crippen LogP contribution >= 0.6 is 0 Å². The van der Waals surface area contributed by atoms with Crippen LogP contribution in [0.2, 0.25) is 0 Å². The van der Waals surface area contributed by atoms with Crippen LogP contribution in [0.3, 0.4) is 0 Å². The molecule has 0 radical (unpaired) electrons. The third-order valence-corrected chi connectivity index (χ3v) is 3.60. The molecule has 0 unspecified atom stereocenters. The summed E-state index contributed by atoms with van der Waals surface area (Å²) >= 11 is 0. The van der Waals surface area contributed by atoms with Gasteiger partial charge in [0.15, 0.2) is 0 Å². The maximum absolute atomic E-state index is 4.56. The SMILES string of the molecule is CC[C@@H](C)Nc1ccc(N2CCN(C)CC2)nc1. The summed E-state index contributed by atoms with van der Waals surface area (Å²) in [7, 11) is 2.17. The highest BCUT2D eigenvalue weighted by atomic mass is 15.3. The van der Waals surface area contributed by atoms with E-state index in [0.717, 1.165) is 44.1 Å². The number of anilines is 2. The Morgan fingerprint density at radius 3 is 2.56 bits per heavy atom. The zero-order valence-electron chi connectivity index (χ0n) is 11.7. The van der Waals surface area contributed by atoms with E-state index in [1.807, 2.05) is 6.20 Å². The van der Waals surface area contributed by atoms with Crippen LogP contribution in [0, 0.1) is 0 Å². The first-order valence-electron chi connectivity index (χ1n) is 6.85. The van der Waals surface area contributed by atoms with Gasteiger partial charge in [0.25, 0.3) is 0 Å². The van der Waals surface area contributed by atoms with E-state index in [1.165, 1.54) is 0 Å². The molecule has 4 heteroatoms. The average molecular weight is 248 g/mol. The molecule has 2 heterocycles. The predicted molar refractivity (Wildman–Crippen MR) is 77.3 cm³/mol. The lowest BCUT2D eigenvalue weighted by Crippen LogP contribution is -2.44. The minimum absolute atomic E-state index is 0.501. The fourth-order valence-corrected chi connectivity index (χ4v) is 2.08. The summed E-state index contributed by atoms with van der Waals surface area (Å²) in [6.07, 6.45) is 3.07. The number of hydrogen-bond acceptors (Lipinski definition) is 4. The summed E-state index contributed by atoms with van der Waals surface area (Å²) in [6, 6.07) is 4.75. The van der Waals surface area contributed by atoms with Crippen molar-refractivity contribution >= 4 is 11.5 Å². The monoisotopic (exact) mass is 248 g/mol. The molecule has 1 atom stereocenters. The predicted octanol–water partition coefficient (Wildman–Crippen LogP) is 2.04. The second-order valence-electron chi connectivity index (χ2n) is 5.15. The van der Waals surface area contributed by atoms with Gasteiger partial charge in [-0.15, -0.1) is 0 Å². The molecule has 100 valence electrons. The molecule has 0 aromatic carbocycles. The second kappa shape index (κ2) is 6.05. The zero-order valence-corrected chi connectivity index (χ0v) is 11.7. The molecule has 1 aromatic heterocycles. The Hall–Kier alpha value is -1.29. The van der Waals surface area contributed by atoms with Crippen LogP contribution in [0.5, 0.6) is 0 Å². The standard InChI is InChI=1S/C14H24N4/c1-4-12(2)16-13-5-6-14(15-11-13)18-9-7-17(3)8-10-18/h5-6,11-12,16H,4,7-10H2,1-3H3/t12-/m1/s1. The Kier molecular flexibility index (Phi) is 4.42. The number of piperazine rings is 1. The number of pyridine rings is 1. The van der Waals surface area contributed by atoms with Crippen LogP contribution in [0.25, 0.3) is 0 Å². The summed E-state index contributed by atoms with van der Waals surface area (Å²) in [5.74, 6) is 1.10. The summed E-state index contributed by atoms with van der Waals surface area (Å²) < 4.78 is 0. The molecule has 1 aliphatic rings. The van der Waals surface area contributed by atoms with Crippen molar-refractivity contribution in [3.8, 4) is 0 Å². The molecule has 1 aliphatic heterocycles. The van der Waals surface area contributed by atoms with Crippen molar-refractivity contribution in [3.63, 3.8) is 0 Å². The van der Waals surface area contributed by atoms with E-state index in [0.29, 0.717) is 6.04 Å². The minimum Gasteiger partial charge on any atom is -0.381 e. The molecule has 1 saturated heterocycles. The van der Waals surface area contributed by atoms with Gasteiger partial charge in [0, 0.05) is 32.2 Å². The summed E-state index contributed by atoms with van der Waals surface area (Å²) in [4.78, 5) is 9.27. The average Bonchev–Trinajstić information content (AvgIpc) is 2.40. The van der Waals surface area contributed by atoms with E-state index in [1.54, 1.807) is 0 Å². The molecule has 1 aromatic rings. The molecule has 2 rings (SSSR count). The largest absolute Gasteiger partial charge is 0.381 e. The van der Waals surface area contributed by atoms with E-state index in [9.17, 15) is 0 Å². The Morgan fingerprint density at radius 2 is 2.00 bits per heavy atom. The minimum atomic E-state index is 0.501. The molecule has 0 spiro atoms. The smallest absolute Gasteiger partial charge is 0.128 e. The molecule has 0 saturated carbocycles. The first-order chi connectivity index (χ1) is 8.69. The van der Waals surface area contributed by atoms with Gasteiger partial charge in [0.2, 0.25) is 0 Å². The highest BCUT2D eigenvalue weighted by molar-refractivity contribution is 5.49. The van der Waals surface area contributed by atoms with E-state index in [-0.39, 0.29) is 0 Å². The van der Waals surface area contributed by atoms with Crippen LogP contribution in [-0.2, 0) is 0 Å². The van der Waals surface area contributed by atoms with Crippen molar-refractivity contribution in [1.82, 2.24) is 9.88 Å². The first-order valence-corrected chi connectivity index (χ1v) is 6.85. The number of hydrogen-bond donors (Lipinski definition) is 1. The van der Waals surface area contributed by atoms with Gasteiger partial charge in [-0.25, -0.2) is 4.98 Å². The highest BCUT2D eigenvalue weighted by Gasteiger charge is 2.14. The molecule has 4 nitrogen and oxygen atoms in total.